The van der Waals surface area contributed by atoms with Gasteiger partial charge in [-0.1, -0.05) is 35.0 Å². The number of hydrogen-bond acceptors (Lipinski definition) is 7. The van der Waals surface area contributed by atoms with Crippen molar-refractivity contribution in [1.82, 2.24) is 20.0 Å². The highest BCUT2D eigenvalue weighted by atomic mass is 16.5. The zero-order valence-electron chi connectivity index (χ0n) is 18.4. The highest BCUT2D eigenvalue weighted by Crippen LogP contribution is 2.34. The second kappa shape index (κ2) is 8.70. The number of furan rings is 1. The van der Waals surface area contributed by atoms with Crippen LogP contribution in [0.15, 0.2) is 56.7 Å². The Balaban J connectivity index is 1.28. The van der Waals surface area contributed by atoms with Gasteiger partial charge in [0.05, 0.1) is 18.5 Å². The van der Waals surface area contributed by atoms with Crippen LogP contribution < -0.4 is 0 Å². The maximum absolute atomic E-state index is 13.3. The van der Waals surface area contributed by atoms with Gasteiger partial charge in [-0.05, 0) is 57.5 Å². The first-order chi connectivity index (χ1) is 15.6. The molecule has 4 heterocycles. The molecule has 32 heavy (non-hydrogen) atoms. The van der Waals surface area contributed by atoms with Gasteiger partial charge in [0.1, 0.15) is 11.8 Å². The zero-order chi connectivity index (χ0) is 22.1. The first kappa shape index (κ1) is 20.6. The van der Waals surface area contributed by atoms with Crippen molar-refractivity contribution in [2.24, 2.45) is 5.10 Å². The molecule has 0 saturated carbocycles. The minimum Gasteiger partial charge on any atom is -0.467 e. The second-order valence-corrected chi connectivity index (χ2v) is 8.62. The average Bonchev–Trinajstić information content (AvgIpc) is 3.55. The molecule has 1 amide bonds. The van der Waals surface area contributed by atoms with Gasteiger partial charge < -0.3 is 8.94 Å². The van der Waals surface area contributed by atoms with E-state index in [-0.39, 0.29) is 17.9 Å². The number of benzene rings is 1. The number of aryl methyl sites for hydroxylation is 2. The smallest absolute Gasteiger partial charge is 0.257 e. The van der Waals surface area contributed by atoms with Crippen LogP contribution in [0.5, 0.6) is 0 Å². The van der Waals surface area contributed by atoms with Crippen LogP contribution in [0.4, 0.5) is 0 Å². The van der Waals surface area contributed by atoms with Crippen molar-refractivity contribution in [3.05, 3.63) is 71.3 Å². The van der Waals surface area contributed by atoms with Gasteiger partial charge >= 0.3 is 0 Å². The summed E-state index contributed by atoms with van der Waals surface area (Å²) in [5.41, 5.74) is 3.14. The molecule has 0 radical (unpaired) electrons. The zero-order valence-corrected chi connectivity index (χ0v) is 18.4. The fraction of sp³-hybridized carbons (Fsp3) is 0.417. The molecule has 2 aliphatic heterocycles. The van der Waals surface area contributed by atoms with E-state index in [1.165, 1.54) is 5.56 Å². The van der Waals surface area contributed by atoms with Gasteiger partial charge in [0.15, 0.2) is 5.82 Å². The van der Waals surface area contributed by atoms with Crippen molar-refractivity contribution in [1.29, 1.82) is 0 Å². The number of likely N-dealkylation sites (tertiary alicyclic amines) is 1. The molecule has 0 aliphatic carbocycles. The lowest BCUT2D eigenvalue weighted by Crippen LogP contribution is -2.41. The summed E-state index contributed by atoms with van der Waals surface area (Å²) in [5, 5.41) is 10.2. The molecule has 0 bridgehead atoms. The van der Waals surface area contributed by atoms with E-state index < -0.39 is 0 Å². The predicted molar refractivity (Wildman–Crippen MR) is 118 cm³/mol. The molecule has 5 rings (SSSR count). The van der Waals surface area contributed by atoms with Crippen LogP contribution in [0.2, 0.25) is 0 Å². The molecular weight excluding hydrogens is 406 g/mol. The Bertz CT molecular complexity index is 1100. The Hall–Kier alpha value is -3.26. The molecule has 2 aliphatic rings. The maximum atomic E-state index is 13.3. The van der Waals surface area contributed by atoms with E-state index in [1.807, 2.05) is 19.1 Å². The molecule has 1 atom stereocenters. The van der Waals surface area contributed by atoms with Crippen LogP contribution in [0.3, 0.4) is 0 Å². The van der Waals surface area contributed by atoms with Crippen LogP contribution >= 0.6 is 0 Å². The summed E-state index contributed by atoms with van der Waals surface area (Å²) in [6.07, 6.45) is 4.08. The molecule has 2 aromatic heterocycles. The van der Waals surface area contributed by atoms with Crippen molar-refractivity contribution in [2.45, 2.75) is 45.1 Å². The Labute approximate surface area is 186 Å². The van der Waals surface area contributed by atoms with Gasteiger partial charge in [-0.3, -0.25) is 9.69 Å². The van der Waals surface area contributed by atoms with E-state index in [1.54, 1.807) is 11.3 Å². The quantitative estimate of drug-likeness (QED) is 0.608. The van der Waals surface area contributed by atoms with Gasteiger partial charge in [0, 0.05) is 12.3 Å². The molecular formula is C24H27N5O3. The predicted octanol–water partition coefficient (Wildman–Crippen LogP) is 3.84. The molecule has 1 aromatic carbocycles. The normalized spacial score (nSPS) is 20.0. The molecule has 0 unspecified atom stereocenters. The Morgan fingerprint density at radius 3 is 2.56 bits per heavy atom. The van der Waals surface area contributed by atoms with Crippen LogP contribution in [-0.4, -0.2) is 51.3 Å². The summed E-state index contributed by atoms with van der Waals surface area (Å²) >= 11 is 0. The van der Waals surface area contributed by atoms with Crippen molar-refractivity contribution in [3.63, 3.8) is 0 Å². The highest BCUT2D eigenvalue weighted by Gasteiger charge is 2.36. The minimum absolute atomic E-state index is 0.0133. The lowest BCUT2D eigenvalue weighted by molar-refractivity contribution is -0.134. The second-order valence-electron chi connectivity index (χ2n) is 8.62. The molecule has 3 aromatic rings. The van der Waals surface area contributed by atoms with E-state index in [9.17, 15) is 4.79 Å². The summed E-state index contributed by atoms with van der Waals surface area (Å²) in [6, 6.07) is 11.8. The van der Waals surface area contributed by atoms with Gasteiger partial charge in [0.25, 0.3) is 5.91 Å². The van der Waals surface area contributed by atoms with Crippen molar-refractivity contribution < 1.29 is 13.7 Å². The lowest BCUT2D eigenvalue weighted by atomic mass is 9.97. The summed E-state index contributed by atoms with van der Waals surface area (Å²) in [5.74, 6) is 2.38. The molecule has 0 spiro atoms. The fourth-order valence-electron chi connectivity index (χ4n) is 4.44. The number of hydrazone groups is 1. The first-order valence-corrected chi connectivity index (χ1v) is 11.1. The Morgan fingerprint density at radius 2 is 1.91 bits per heavy atom. The number of hydrogen-bond donors (Lipinski definition) is 0. The fourth-order valence-corrected chi connectivity index (χ4v) is 4.44. The van der Waals surface area contributed by atoms with Gasteiger partial charge in [-0.15, -0.1) is 0 Å². The van der Waals surface area contributed by atoms with E-state index >= 15 is 0 Å². The van der Waals surface area contributed by atoms with Crippen LogP contribution in [0.1, 0.15) is 59.8 Å². The molecule has 8 heteroatoms. The van der Waals surface area contributed by atoms with Crippen LogP contribution in [-0.2, 0) is 4.79 Å². The third-order valence-electron chi connectivity index (χ3n) is 6.26. The van der Waals surface area contributed by atoms with Crippen LogP contribution in [0, 0.1) is 13.8 Å². The minimum atomic E-state index is -0.215. The summed E-state index contributed by atoms with van der Waals surface area (Å²) < 4.78 is 11.0. The number of rotatable bonds is 5. The van der Waals surface area contributed by atoms with Gasteiger partial charge in [0.2, 0.25) is 5.89 Å². The van der Waals surface area contributed by atoms with E-state index in [2.05, 4.69) is 46.2 Å². The number of amides is 1. The van der Waals surface area contributed by atoms with Crippen molar-refractivity contribution >= 4 is 11.6 Å². The topological polar surface area (TPSA) is 88.0 Å². The molecule has 1 saturated heterocycles. The summed E-state index contributed by atoms with van der Waals surface area (Å²) in [4.78, 5) is 19.8. The number of piperidine rings is 1. The van der Waals surface area contributed by atoms with Gasteiger partial charge in [-0.25, -0.2) is 5.01 Å². The summed E-state index contributed by atoms with van der Waals surface area (Å²) in [7, 11) is 0. The van der Waals surface area contributed by atoms with Crippen LogP contribution in [0.25, 0.3) is 0 Å². The average molecular weight is 434 g/mol. The standard InChI is InChI=1S/C24H27N5O3/c1-16-5-7-18(8-6-16)20-14-21(22-4-3-13-31-22)29(26-20)23(30)15-28-11-9-19(10-12-28)24-25-17(2)27-32-24/h3-8,13,19,21H,9-12,14-15H2,1-2H3/t21-/m1/s1. The molecule has 166 valence electrons. The lowest BCUT2D eigenvalue weighted by Gasteiger charge is -2.31. The summed E-state index contributed by atoms with van der Waals surface area (Å²) in [6.45, 7) is 5.84. The molecule has 0 N–H and O–H groups in total. The van der Waals surface area contributed by atoms with Crippen molar-refractivity contribution in [2.75, 3.05) is 19.6 Å². The third kappa shape index (κ3) is 4.23. The van der Waals surface area contributed by atoms with E-state index in [0.29, 0.717) is 24.7 Å². The number of carbonyl (C=O) groups is 1. The van der Waals surface area contributed by atoms with E-state index in [4.69, 9.17) is 14.0 Å². The third-order valence-corrected chi connectivity index (χ3v) is 6.26. The molecule has 1 fully saturated rings. The van der Waals surface area contributed by atoms with E-state index in [0.717, 1.165) is 43.0 Å². The Kier molecular flexibility index (Phi) is 5.61. The van der Waals surface area contributed by atoms with Gasteiger partial charge in [-0.2, -0.15) is 10.1 Å². The molecule has 8 nitrogen and oxygen atoms in total. The first-order valence-electron chi connectivity index (χ1n) is 11.1. The van der Waals surface area contributed by atoms with Crippen molar-refractivity contribution in [3.8, 4) is 0 Å². The SMILES string of the molecule is Cc1ccc(C2=NN(C(=O)CN3CCC(c4nc(C)no4)CC3)[C@@H](c3ccco3)C2)cc1. The number of aromatic nitrogens is 2. The number of carbonyl (C=O) groups excluding carboxylic acids is 1. The maximum Gasteiger partial charge on any atom is 0.257 e. The largest absolute Gasteiger partial charge is 0.467 e. The Morgan fingerprint density at radius 1 is 1.12 bits per heavy atom. The monoisotopic (exact) mass is 433 g/mol. The highest BCUT2D eigenvalue weighted by molar-refractivity contribution is 6.03. The number of nitrogens with zero attached hydrogens (tertiary/aromatic N) is 5.